The molecule has 0 radical (unpaired) electrons. The van der Waals surface area contributed by atoms with E-state index in [4.69, 9.17) is 10.9 Å². The molecule has 0 aliphatic carbocycles. The van der Waals surface area contributed by atoms with Crippen molar-refractivity contribution in [2.24, 2.45) is 16.8 Å². The maximum atomic E-state index is 12.8. The molecule has 0 heterocycles. The van der Waals surface area contributed by atoms with E-state index in [1.807, 2.05) is 25.7 Å². The maximum absolute atomic E-state index is 12.8. The van der Waals surface area contributed by atoms with Crippen molar-refractivity contribution >= 4 is 11.5 Å². The summed E-state index contributed by atoms with van der Waals surface area (Å²) in [5.41, 5.74) is 5.24. The second-order valence-corrected chi connectivity index (χ2v) is 5.31. The number of alkyl halides is 3. The first kappa shape index (κ1) is 17.1. The van der Waals surface area contributed by atoms with Crippen LogP contribution in [0.5, 0.6) is 0 Å². The molecule has 0 bridgehead atoms. The number of nitrogens with two attached hydrogens (primary N) is 1. The van der Waals surface area contributed by atoms with Crippen molar-refractivity contribution in [3.8, 4) is 0 Å². The van der Waals surface area contributed by atoms with Crippen LogP contribution in [-0.2, 0) is 6.18 Å². The molecule has 0 saturated carbocycles. The van der Waals surface area contributed by atoms with Crippen molar-refractivity contribution in [2.45, 2.75) is 33.0 Å². The average Bonchev–Trinajstić information content (AvgIpc) is 2.43. The molecule has 1 unspecified atom stereocenters. The van der Waals surface area contributed by atoms with Crippen LogP contribution in [0, 0.1) is 5.92 Å². The largest absolute Gasteiger partial charge is 0.416 e. The van der Waals surface area contributed by atoms with Crippen LogP contribution in [0.4, 0.5) is 18.9 Å². The minimum absolute atomic E-state index is 0.0577. The van der Waals surface area contributed by atoms with Gasteiger partial charge in [0.05, 0.1) is 5.56 Å². The third-order valence-corrected chi connectivity index (χ3v) is 3.66. The van der Waals surface area contributed by atoms with E-state index in [0.29, 0.717) is 5.69 Å². The smallest absolute Gasteiger partial charge is 0.409 e. The van der Waals surface area contributed by atoms with Crippen molar-refractivity contribution < 1.29 is 18.4 Å². The highest BCUT2D eigenvalue weighted by atomic mass is 19.4. The summed E-state index contributed by atoms with van der Waals surface area (Å²) in [6.45, 7) is 5.97. The van der Waals surface area contributed by atoms with Crippen LogP contribution in [0.2, 0.25) is 0 Å². The number of hydrogen-bond donors (Lipinski definition) is 2. The molecule has 0 aliphatic heterocycles. The molecule has 0 amide bonds. The van der Waals surface area contributed by atoms with Gasteiger partial charge >= 0.3 is 6.18 Å². The summed E-state index contributed by atoms with van der Waals surface area (Å²) in [5.74, 6) is -0.0589. The number of amidine groups is 1. The lowest BCUT2D eigenvalue weighted by atomic mass is 10.0. The van der Waals surface area contributed by atoms with Gasteiger partial charge in [0.15, 0.2) is 5.84 Å². The second-order valence-electron chi connectivity index (χ2n) is 5.31. The quantitative estimate of drug-likeness (QED) is 0.388. The lowest BCUT2D eigenvalue weighted by Crippen LogP contribution is -2.35. The molecule has 21 heavy (non-hydrogen) atoms. The van der Waals surface area contributed by atoms with Crippen LogP contribution < -0.4 is 10.6 Å². The number of hydrogen-bond acceptors (Lipinski definition) is 3. The first-order valence-electron chi connectivity index (χ1n) is 6.51. The fraction of sp³-hybridized carbons (Fsp3) is 0.500. The third kappa shape index (κ3) is 3.80. The SMILES string of the molecule is CC(C)C(C)N(C)c1ccc(C(F)(F)F)cc1/C(N)=N/O. The molecule has 0 spiro atoms. The normalized spacial score (nSPS) is 14.4. The summed E-state index contributed by atoms with van der Waals surface area (Å²) in [5, 5.41) is 11.6. The molecule has 0 aliphatic rings. The van der Waals surface area contributed by atoms with Gasteiger partial charge in [-0.15, -0.1) is 0 Å². The summed E-state index contributed by atoms with van der Waals surface area (Å²) < 4.78 is 38.4. The van der Waals surface area contributed by atoms with Gasteiger partial charge in [0.25, 0.3) is 0 Å². The molecule has 7 heteroatoms. The summed E-state index contributed by atoms with van der Waals surface area (Å²) in [6.07, 6.45) is -4.48. The minimum atomic E-state index is -4.48. The molecular formula is C14H20F3N3O. The van der Waals surface area contributed by atoms with Crippen LogP contribution in [0.3, 0.4) is 0 Å². The van der Waals surface area contributed by atoms with Gasteiger partial charge in [-0.2, -0.15) is 13.2 Å². The molecule has 0 saturated heterocycles. The molecule has 1 aromatic carbocycles. The van der Waals surface area contributed by atoms with E-state index in [1.165, 1.54) is 6.07 Å². The number of rotatable bonds is 4. The van der Waals surface area contributed by atoms with Gasteiger partial charge in [-0.1, -0.05) is 19.0 Å². The van der Waals surface area contributed by atoms with Gasteiger partial charge in [-0.25, -0.2) is 0 Å². The van der Waals surface area contributed by atoms with Crippen LogP contribution in [0.15, 0.2) is 23.4 Å². The summed E-state index contributed by atoms with van der Waals surface area (Å²) >= 11 is 0. The van der Waals surface area contributed by atoms with Crippen molar-refractivity contribution in [1.29, 1.82) is 0 Å². The van der Waals surface area contributed by atoms with Gasteiger partial charge in [-0.3, -0.25) is 0 Å². The Kier molecular flexibility index (Phi) is 5.09. The molecule has 0 fully saturated rings. The Hall–Kier alpha value is -1.92. The summed E-state index contributed by atoms with van der Waals surface area (Å²) in [4.78, 5) is 1.82. The highest BCUT2D eigenvalue weighted by molar-refractivity contribution is 6.02. The van der Waals surface area contributed by atoms with E-state index in [-0.39, 0.29) is 23.4 Å². The van der Waals surface area contributed by atoms with Crippen LogP contribution in [0.1, 0.15) is 31.9 Å². The summed E-state index contributed by atoms with van der Waals surface area (Å²) in [7, 11) is 1.77. The number of oxime groups is 1. The van der Waals surface area contributed by atoms with E-state index >= 15 is 0 Å². The number of halogens is 3. The van der Waals surface area contributed by atoms with Gasteiger partial charge in [0.2, 0.25) is 0 Å². The number of anilines is 1. The molecule has 118 valence electrons. The lowest BCUT2D eigenvalue weighted by Gasteiger charge is -2.31. The Morgan fingerprint density at radius 2 is 1.86 bits per heavy atom. The Bertz CT molecular complexity index is 527. The zero-order valence-corrected chi connectivity index (χ0v) is 12.4. The predicted octanol–water partition coefficient (Wildman–Crippen LogP) is 3.28. The minimum Gasteiger partial charge on any atom is -0.409 e. The Labute approximate surface area is 122 Å². The molecular weight excluding hydrogens is 283 g/mol. The highest BCUT2D eigenvalue weighted by Crippen LogP contribution is 2.33. The van der Waals surface area contributed by atoms with E-state index in [1.54, 1.807) is 7.05 Å². The molecule has 1 aromatic rings. The van der Waals surface area contributed by atoms with Crippen molar-refractivity contribution in [2.75, 3.05) is 11.9 Å². The third-order valence-electron chi connectivity index (χ3n) is 3.66. The van der Waals surface area contributed by atoms with Crippen molar-refractivity contribution in [3.63, 3.8) is 0 Å². The van der Waals surface area contributed by atoms with Gasteiger partial charge in [-0.05, 0) is 31.0 Å². The lowest BCUT2D eigenvalue weighted by molar-refractivity contribution is -0.137. The van der Waals surface area contributed by atoms with Gasteiger partial charge in [0.1, 0.15) is 0 Å². The Morgan fingerprint density at radius 1 is 1.29 bits per heavy atom. The fourth-order valence-corrected chi connectivity index (χ4v) is 1.95. The van der Waals surface area contributed by atoms with E-state index in [2.05, 4.69) is 5.16 Å². The first-order valence-corrected chi connectivity index (χ1v) is 6.51. The highest BCUT2D eigenvalue weighted by Gasteiger charge is 2.32. The van der Waals surface area contributed by atoms with E-state index in [9.17, 15) is 13.2 Å². The zero-order chi connectivity index (χ0) is 16.4. The molecule has 3 N–H and O–H groups in total. The Balaban J connectivity index is 3.39. The molecule has 1 rings (SSSR count). The van der Waals surface area contributed by atoms with Crippen LogP contribution in [-0.4, -0.2) is 24.1 Å². The summed E-state index contributed by atoms with van der Waals surface area (Å²) in [6, 6.07) is 3.31. The van der Waals surface area contributed by atoms with E-state index in [0.717, 1.165) is 12.1 Å². The standard InChI is InChI=1S/C14H20F3N3O/c1-8(2)9(3)20(4)12-6-5-10(14(15,16)17)7-11(12)13(18)19-21/h5-9,21H,1-4H3,(H2,18,19). The van der Waals surface area contributed by atoms with Crippen LogP contribution in [0.25, 0.3) is 0 Å². The molecule has 0 aromatic heterocycles. The topological polar surface area (TPSA) is 61.8 Å². The average molecular weight is 303 g/mol. The van der Waals surface area contributed by atoms with Gasteiger partial charge in [0, 0.05) is 24.3 Å². The van der Waals surface area contributed by atoms with Gasteiger partial charge < -0.3 is 15.8 Å². The monoisotopic (exact) mass is 303 g/mol. The van der Waals surface area contributed by atoms with E-state index < -0.39 is 11.7 Å². The number of nitrogens with zero attached hydrogens (tertiary/aromatic N) is 2. The number of benzene rings is 1. The maximum Gasteiger partial charge on any atom is 0.416 e. The van der Waals surface area contributed by atoms with Crippen molar-refractivity contribution in [1.82, 2.24) is 0 Å². The van der Waals surface area contributed by atoms with Crippen LogP contribution >= 0.6 is 0 Å². The fourth-order valence-electron chi connectivity index (χ4n) is 1.95. The Morgan fingerprint density at radius 3 is 2.29 bits per heavy atom. The zero-order valence-electron chi connectivity index (χ0n) is 12.4. The molecule has 1 atom stereocenters. The van der Waals surface area contributed by atoms with Crippen molar-refractivity contribution in [3.05, 3.63) is 29.3 Å². The predicted molar refractivity (Wildman–Crippen MR) is 76.7 cm³/mol. The first-order chi connectivity index (χ1) is 9.59. The second kappa shape index (κ2) is 6.24. The molecule has 4 nitrogen and oxygen atoms in total.